The topological polar surface area (TPSA) is 65.0 Å². The van der Waals surface area contributed by atoms with Crippen LogP contribution in [-0.4, -0.2) is 60.5 Å². The van der Waals surface area contributed by atoms with Crippen LogP contribution in [0.1, 0.15) is 38.7 Å². The third kappa shape index (κ3) is 4.13. The van der Waals surface area contributed by atoms with Gasteiger partial charge in [-0.25, -0.2) is 4.79 Å². The van der Waals surface area contributed by atoms with Gasteiger partial charge in [-0.3, -0.25) is 0 Å². The van der Waals surface area contributed by atoms with Gasteiger partial charge in [0.15, 0.2) is 0 Å². The van der Waals surface area contributed by atoms with Gasteiger partial charge < -0.3 is 25.0 Å². The summed E-state index contributed by atoms with van der Waals surface area (Å²) in [5, 5.41) is 12.3. The lowest BCUT2D eigenvalue weighted by molar-refractivity contribution is -0.0611. The van der Waals surface area contributed by atoms with Crippen molar-refractivity contribution < 1.29 is 14.6 Å². The molecule has 0 aliphatic carbocycles. The van der Waals surface area contributed by atoms with Gasteiger partial charge in [-0.05, 0) is 63.8 Å². The molecule has 2 amide bonds. The number of rotatable bonds is 3. The van der Waals surface area contributed by atoms with E-state index >= 15 is 0 Å². The van der Waals surface area contributed by atoms with E-state index < -0.39 is 0 Å². The van der Waals surface area contributed by atoms with E-state index in [0.717, 1.165) is 17.8 Å². The Hall–Kier alpha value is -1.79. The van der Waals surface area contributed by atoms with Crippen LogP contribution in [0.25, 0.3) is 0 Å². The molecule has 3 atom stereocenters. The van der Waals surface area contributed by atoms with E-state index in [4.69, 9.17) is 4.74 Å². The van der Waals surface area contributed by atoms with Crippen molar-refractivity contribution in [2.45, 2.75) is 58.2 Å². The first-order valence-electron chi connectivity index (χ1n) is 9.67. The van der Waals surface area contributed by atoms with Gasteiger partial charge in [-0.15, -0.1) is 0 Å². The molecule has 0 radical (unpaired) electrons. The van der Waals surface area contributed by atoms with Crippen LogP contribution < -0.4 is 10.2 Å². The molecule has 2 aliphatic heterocycles. The number of aryl methyl sites for hydroxylation is 1. The molecule has 6 nitrogen and oxygen atoms in total. The first kappa shape index (κ1) is 19.0. The molecule has 0 saturated carbocycles. The van der Waals surface area contributed by atoms with E-state index in [1.165, 1.54) is 24.9 Å². The van der Waals surface area contributed by atoms with Crippen LogP contribution >= 0.6 is 0 Å². The molecule has 2 heterocycles. The number of benzene rings is 1. The molecular formula is C20H31N3O3. The van der Waals surface area contributed by atoms with Crippen molar-refractivity contribution in [1.29, 1.82) is 0 Å². The van der Waals surface area contributed by atoms with Crippen LogP contribution in [-0.2, 0) is 4.74 Å². The van der Waals surface area contributed by atoms with Gasteiger partial charge in [0.1, 0.15) is 0 Å². The number of aliphatic hydroxyl groups is 1. The third-order valence-corrected chi connectivity index (χ3v) is 5.56. The maximum absolute atomic E-state index is 12.7. The first-order valence-corrected chi connectivity index (χ1v) is 9.67. The van der Waals surface area contributed by atoms with Crippen molar-refractivity contribution in [3.8, 4) is 0 Å². The van der Waals surface area contributed by atoms with Crippen molar-refractivity contribution in [3.05, 3.63) is 23.8 Å². The first-order chi connectivity index (χ1) is 12.5. The van der Waals surface area contributed by atoms with Crippen LogP contribution in [0, 0.1) is 6.92 Å². The fourth-order valence-electron chi connectivity index (χ4n) is 3.85. The standard InChI is InChI=1S/C20H31N3O3/c1-14-10-17(22-9-5-4-6-15(22)2)7-8-19(14)21-20(25)23-11-18(12-24)26-13-16(23)3/h7-8,10,15-16,18,24H,4-6,9,11-13H2,1-3H3,(H,21,25)/t15-,16-,18-/m0/s1. The summed E-state index contributed by atoms with van der Waals surface area (Å²) in [6, 6.07) is 6.68. The summed E-state index contributed by atoms with van der Waals surface area (Å²) in [5.74, 6) is 0. The maximum atomic E-state index is 12.7. The summed E-state index contributed by atoms with van der Waals surface area (Å²) < 4.78 is 5.51. The number of hydrogen-bond donors (Lipinski definition) is 2. The van der Waals surface area contributed by atoms with Gasteiger partial charge >= 0.3 is 6.03 Å². The van der Waals surface area contributed by atoms with Crippen LogP contribution in [0.3, 0.4) is 0 Å². The average Bonchev–Trinajstić information content (AvgIpc) is 2.64. The Morgan fingerprint density at radius 1 is 1.31 bits per heavy atom. The number of nitrogens with zero attached hydrogens (tertiary/aromatic N) is 2. The number of hydrogen-bond acceptors (Lipinski definition) is 4. The van der Waals surface area contributed by atoms with E-state index in [1.807, 2.05) is 19.9 Å². The second-order valence-corrected chi connectivity index (χ2v) is 7.61. The number of ether oxygens (including phenoxy) is 1. The molecule has 0 unspecified atom stereocenters. The zero-order valence-electron chi connectivity index (χ0n) is 16.1. The van der Waals surface area contributed by atoms with Crippen molar-refractivity contribution in [2.24, 2.45) is 0 Å². The molecule has 0 aromatic heterocycles. The summed E-state index contributed by atoms with van der Waals surface area (Å²) in [6.07, 6.45) is 3.47. The Bertz CT molecular complexity index is 637. The van der Waals surface area contributed by atoms with Gasteiger partial charge in [0.05, 0.1) is 31.9 Å². The van der Waals surface area contributed by atoms with Crippen LogP contribution in [0.15, 0.2) is 18.2 Å². The number of carbonyl (C=O) groups excluding carboxylic acids is 1. The minimum atomic E-state index is -0.305. The number of urea groups is 1. The summed E-state index contributed by atoms with van der Waals surface area (Å²) in [4.78, 5) is 16.9. The fraction of sp³-hybridized carbons (Fsp3) is 0.650. The second-order valence-electron chi connectivity index (χ2n) is 7.61. The Kier molecular flexibility index (Phi) is 6.04. The molecule has 2 fully saturated rings. The van der Waals surface area contributed by atoms with Crippen LogP contribution in [0.2, 0.25) is 0 Å². The summed E-state index contributed by atoms with van der Waals surface area (Å²) in [5.41, 5.74) is 3.13. The highest BCUT2D eigenvalue weighted by atomic mass is 16.5. The Balaban J connectivity index is 1.68. The van der Waals surface area contributed by atoms with Crippen LogP contribution in [0.5, 0.6) is 0 Å². The lowest BCUT2D eigenvalue weighted by Gasteiger charge is -2.37. The highest BCUT2D eigenvalue weighted by molar-refractivity contribution is 5.90. The number of piperidine rings is 1. The van der Waals surface area contributed by atoms with Crippen molar-refractivity contribution in [1.82, 2.24) is 4.90 Å². The minimum absolute atomic E-state index is 0.00780. The minimum Gasteiger partial charge on any atom is -0.394 e. The molecule has 26 heavy (non-hydrogen) atoms. The number of morpholine rings is 1. The van der Waals surface area contributed by atoms with E-state index in [0.29, 0.717) is 19.2 Å². The van der Waals surface area contributed by atoms with E-state index in [1.54, 1.807) is 4.90 Å². The van der Waals surface area contributed by atoms with Crippen LogP contribution in [0.4, 0.5) is 16.2 Å². The summed E-state index contributed by atoms with van der Waals surface area (Å²) >= 11 is 0. The lowest BCUT2D eigenvalue weighted by Crippen LogP contribution is -2.53. The SMILES string of the molecule is Cc1cc(N2CCCC[C@@H]2C)ccc1NC(=O)N1C[C@@H](CO)OC[C@@H]1C. The Morgan fingerprint density at radius 2 is 2.12 bits per heavy atom. The number of carbonyl (C=O) groups is 1. The molecule has 2 aliphatic rings. The zero-order valence-corrected chi connectivity index (χ0v) is 16.1. The Labute approximate surface area is 156 Å². The van der Waals surface area contributed by atoms with Gasteiger partial charge in [0.2, 0.25) is 0 Å². The summed E-state index contributed by atoms with van der Waals surface area (Å²) in [6.45, 7) is 8.16. The molecule has 1 aromatic carbocycles. The number of nitrogens with one attached hydrogen (secondary N) is 1. The van der Waals surface area contributed by atoms with Gasteiger partial charge in [-0.2, -0.15) is 0 Å². The molecule has 0 bridgehead atoms. The summed E-state index contributed by atoms with van der Waals surface area (Å²) in [7, 11) is 0. The highest BCUT2D eigenvalue weighted by Crippen LogP contribution is 2.28. The molecule has 2 saturated heterocycles. The third-order valence-electron chi connectivity index (χ3n) is 5.56. The normalized spacial score (nSPS) is 26.7. The predicted molar refractivity (Wildman–Crippen MR) is 104 cm³/mol. The van der Waals surface area contributed by atoms with Gasteiger partial charge in [0.25, 0.3) is 0 Å². The van der Waals surface area contributed by atoms with E-state index in [-0.39, 0.29) is 24.8 Å². The lowest BCUT2D eigenvalue weighted by atomic mass is 10.0. The molecule has 1 aromatic rings. The predicted octanol–water partition coefficient (Wildman–Crippen LogP) is 2.99. The highest BCUT2D eigenvalue weighted by Gasteiger charge is 2.29. The molecule has 0 spiro atoms. The van der Waals surface area contributed by atoms with Gasteiger partial charge in [-0.1, -0.05) is 0 Å². The smallest absolute Gasteiger partial charge is 0.322 e. The zero-order chi connectivity index (χ0) is 18.7. The molecule has 3 rings (SSSR count). The number of aliphatic hydroxyl groups excluding tert-OH is 1. The van der Waals surface area contributed by atoms with E-state index in [9.17, 15) is 9.90 Å². The average molecular weight is 361 g/mol. The molecule has 6 heteroatoms. The van der Waals surface area contributed by atoms with Gasteiger partial charge in [0, 0.05) is 24.0 Å². The quantitative estimate of drug-likeness (QED) is 0.869. The molecule has 2 N–H and O–H groups in total. The fourth-order valence-corrected chi connectivity index (χ4v) is 3.85. The Morgan fingerprint density at radius 3 is 2.81 bits per heavy atom. The van der Waals surface area contributed by atoms with Crippen molar-refractivity contribution in [2.75, 3.05) is 36.5 Å². The van der Waals surface area contributed by atoms with Crippen molar-refractivity contribution in [3.63, 3.8) is 0 Å². The maximum Gasteiger partial charge on any atom is 0.322 e. The number of anilines is 2. The number of amides is 2. The molecular weight excluding hydrogens is 330 g/mol. The second kappa shape index (κ2) is 8.27. The molecule has 144 valence electrons. The van der Waals surface area contributed by atoms with Crippen molar-refractivity contribution >= 4 is 17.4 Å². The monoisotopic (exact) mass is 361 g/mol. The van der Waals surface area contributed by atoms with E-state index in [2.05, 4.69) is 29.3 Å². The largest absolute Gasteiger partial charge is 0.394 e.